The molecule has 9 aromatic carbocycles. The Labute approximate surface area is 363 Å². The van der Waals surface area contributed by atoms with Gasteiger partial charge in [-0.2, -0.15) is 0 Å². The van der Waals surface area contributed by atoms with Gasteiger partial charge in [-0.3, -0.25) is 0 Å². The van der Waals surface area contributed by atoms with Gasteiger partial charge in [0.05, 0.1) is 15.9 Å². The summed E-state index contributed by atoms with van der Waals surface area (Å²) in [7, 11) is 0. The normalized spacial score (nSPS) is 11.9. The highest BCUT2D eigenvalue weighted by Gasteiger charge is 2.20. The zero-order chi connectivity index (χ0) is 40.7. The van der Waals surface area contributed by atoms with Gasteiger partial charge in [-0.25, -0.2) is 24.9 Å². The first kappa shape index (κ1) is 35.1. The fourth-order valence-corrected chi connectivity index (χ4v) is 11.4. The molecule has 0 spiro atoms. The van der Waals surface area contributed by atoms with Gasteiger partial charge in [0.2, 0.25) is 0 Å². The lowest BCUT2D eigenvalue weighted by Crippen LogP contribution is -2.00. The minimum absolute atomic E-state index is 0.634. The molecule has 0 radical (unpaired) electrons. The molecule has 0 aliphatic rings. The summed E-state index contributed by atoms with van der Waals surface area (Å²) in [5.41, 5.74) is 6.85. The van der Waals surface area contributed by atoms with Crippen molar-refractivity contribution in [3.63, 3.8) is 0 Å². The maximum absolute atomic E-state index is 5.30. The fraction of sp³-hybridized carbons (Fsp3) is 0. The number of hydrogen-bond donors (Lipinski definition) is 0. The second-order valence-corrected chi connectivity index (χ2v) is 17.7. The van der Waals surface area contributed by atoms with Gasteiger partial charge in [0.25, 0.3) is 0 Å². The minimum Gasteiger partial charge on any atom is -0.226 e. The van der Waals surface area contributed by atoms with Crippen LogP contribution >= 0.6 is 22.7 Å². The smallest absolute Gasteiger partial charge is 0.164 e. The van der Waals surface area contributed by atoms with Gasteiger partial charge in [-0.05, 0) is 56.6 Å². The van der Waals surface area contributed by atoms with Gasteiger partial charge in [0.15, 0.2) is 23.3 Å². The third-order valence-electron chi connectivity index (χ3n) is 11.9. The second-order valence-electron chi connectivity index (χ2n) is 15.6. The molecular weight excluding hydrogens is 795 g/mol. The monoisotopic (exact) mass is 825 g/mol. The van der Waals surface area contributed by atoms with E-state index in [1.54, 1.807) is 22.7 Å². The Kier molecular flexibility index (Phi) is 7.88. The summed E-state index contributed by atoms with van der Waals surface area (Å²) >= 11 is 3.52. The van der Waals surface area contributed by atoms with Crippen LogP contribution in [-0.2, 0) is 0 Å². The molecule has 5 nitrogen and oxygen atoms in total. The first-order valence-corrected chi connectivity index (χ1v) is 22.2. The Morgan fingerprint density at radius 1 is 0.290 bits per heavy atom. The molecule has 0 fully saturated rings. The number of fused-ring (bicyclic) bond motifs is 12. The van der Waals surface area contributed by atoms with E-state index >= 15 is 0 Å². The Balaban J connectivity index is 0.991. The number of benzene rings is 9. The Morgan fingerprint density at radius 2 is 0.823 bits per heavy atom. The van der Waals surface area contributed by atoms with Crippen molar-refractivity contribution >= 4 is 95.5 Å². The van der Waals surface area contributed by atoms with E-state index in [9.17, 15) is 0 Å². The van der Waals surface area contributed by atoms with E-state index in [-0.39, 0.29) is 0 Å². The van der Waals surface area contributed by atoms with E-state index in [1.807, 2.05) is 24.3 Å². The molecule has 7 heteroatoms. The van der Waals surface area contributed by atoms with Gasteiger partial charge >= 0.3 is 0 Å². The van der Waals surface area contributed by atoms with Crippen LogP contribution in [0.4, 0.5) is 0 Å². The van der Waals surface area contributed by atoms with Crippen molar-refractivity contribution in [2.45, 2.75) is 0 Å². The van der Waals surface area contributed by atoms with Gasteiger partial charge in [0, 0.05) is 58.1 Å². The summed E-state index contributed by atoms with van der Waals surface area (Å²) in [6.45, 7) is 0. The summed E-state index contributed by atoms with van der Waals surface area (Å²) in [6.07, 6.45) is 0. The van der Waals surface area contributed by atoms with Crippen molar-refractivity contribution in [1.82, 2.24) is 24.9 Å². The molecule has 0 atom stereocenters. The quantitative estimate of drug-likeness (QED) is 0.162. The molecule has 13 aromatic rings. The van der Waals surface area contributed by atoms with Crippen LogP contribution in [0.15, 0.2) is 188 Å². The summed E-state index contributed by atoms with van der Waals surface area (Å²) in [4.78, 5) is 26.2. The summed E-state index contributed by atoms with van der Waals surface area (Å²) in [5.74, 6) is 2.62. The number of nitrogens with zero attached hydrogens (tertiary/aromatic N) is 5. The maximum atomic E-state index is 5.30. The largest absolute Gasteiger partial charge is 0.226 e. The van der Waals surface area contributed by atoms with Crippen LogP contribution in [0.25, 0.3) is 130 Å². The average molecular weight is 826 g/mol. The first-order chi connectivity index (χ1) is 30.7. The van der Waals surface area contributed by atoms with Crippen LogP contribution in [0.2, 0.25) is 0 Å². The highest BCUT2D eigenvalue weighted by atomic mass is 32.1. The first-order valence-electron chi connectivity index (χ1n) is 20.6. The van der Waals surface area contributed by atoms with Crippen LogP contribution < -0.4 is 0 Å². The van der Waals surface area contributed by atoms with Crippen LogP contribution in [0.3, 0.4) is 0 Å². The van der Waals surface area contributed by atoms with Crippen molar-refractivity contribution in [3.8, 4) is 56.8 Å². The minimum atomic E-state index is 0.634. The molecular formula is C55H31N5S2. The Hall–Kier alpha value is -7.71. The summed E-state index contributed by atoms with van der Waals surface area (Å²) in [6, 6.07) is 66.2. The molecule has 13 rings (SSSR count). The summed E-state index contributed by atoms with van der Waals surface area (Å²) in [5, 5.41) is 10.7. The zero-order valence-corrected chi connectivity index (χ0v) is 34.6. The number of hydrogen-bond acceptors (Lipinski definition) is 7. The standard InChI is InChI=1S/C55H31N5S2/c1-3-14-32(15-4-1)49-51-50(42-22-11-12-24-45(42)62-51)57-53(56-49)35-27-29-41-47(31-35)61-46-25-13-23-43(48(41)46)55-59-52(33-16-5-2-6-17-33)58-54(60-55)34-26-28-40-38-20-8-7-18-36(38)37-19-9-10-21-39(37)44(40)30-34/h1-31H. The maximum Gasteiger partial charge on any atom is 0.164 e. The number of rotatable bonds is 5. The number of thiophene rings is 2. The van der Waals surface area contributed by atoms with E-state index < -0.39 is 0 Å². The van der Waals surface area contributed by atoms with Crippen molar-refractivity contribution < 1.29 is 0 Å². The predicted octanol–water partition coefficient (Wildman–Crippen LogP) is 15.2. The molecule has 0 N–H and O–H groups in total. The molecule has 288 valence electrons. The SMILES string of the molecule is c1ccc(-c2nc(-c3ccc4c5ccccc5c5ccccc5c4c3)nc(-c3cccc4sc5cc(-c6nc(-c7ccccc7)c7sc8ccccc8c7n6)ccc5c34)n2)cc1. The van der Waals surface area contributed by atoms with Gasteiger partial charge < -0.3 is 0 Å². The molecule has 4 heterocycles. The number of aromatic nitrogens is 5. The highest BCUT2D eigenvalue weighted by molar-refractivity contribution is 7.26. The van der Waals surface area contributed by atoms with E-state index in [4.69, 9.17) is 24.9 Å². The van der Waals surface area contributed by atoms with E-state index in [0.29, 0.717) is 23.3 Å². The van der Waals surface area contributed by atoms with Crippen molar-refractivity contribution in [3.05, 3.63) is 188 Å². The van der Waals surface area contributed by atoms with Crippen LogP contribution in [0, 0.1) is 0 Å². The van der Waals surface area contributed by atoms with Crippen LogP contribution in [0.1, 0.15) is 0 Å². The van der Waals surface area contributed by atoms with Crippen LogP contribution in [-0.4, -0.2) is 24.9 Å². The third-order valence-corrected chi connectivity index (χ3v) is 14.2. The fourth-order valence-electron chi connectivity index (χ4n) is 9.05. The topological polar surface area (TPSA) is 64.5 Å². The van der Waals surface area contributed by atoms with Crippen molar-refractivity contribution in [1.29, 1.82) is 0 Å². The van der Waals surface area contributed by atoms with Gasteiger partial charge in [-0.15, -0.1) is 22.7 Å². The lowest BCUT2D eigenvalue weighted by Gasteiger charge is -2.13. The lowest BCUT2D eigenvalue weighted by molar-refractivity contribution is 1.08. The zero-order valence-electron chi connectivity index (χ0n) is 33.0. The third kappa shape index (κ3) is 5.56. The molecule has 0 amide bonds. The second kappa shape index (κ2) is 13.9. The molecule has 0 saturated carbocycles. The van der Waals surface area contributed by atoms with Gasteiger partial charge in [-0.1, -0.05) is 164 Å². The molecule has 62 heavy (non-hydrogen) atoms. The Bertz CT molecular complexity index is 3900. The molecule has 0 aliphatic heterocycles. The molecule has 0 unspecified atom stereocenters. The Morgan fingerprint density at radius 3 is 1.55 bits per heavy atom. The predicted molar refractivity (Wildman–Crippen MR) is 261 cm³/mol. The van der Waals surface area contributed by atoms with E-state index in [1.165, 1.54) is 37.0 Å². The van der Waals surface area contributed by atoms with E-state index in [2.05, 4.69) is 164 Å². The lowest BCUT2D eigenvalue weighted by atomic mass is 9.93. The van der Waals surface area contributed by atoms with Crippen molar-refractivity contribution in [2.75, 3.05) is 0 Å². The molecule has 0 saturated heterocycles. The van der Waals surface area contributed by atoms with Crippen molar-refractivity contribution in [2.24, 2.45) is 0 Å². The highest BCUT2D eigenvalue weighted by Crippen LogP contribution is 2.44. The van der Waals surface area contributed by atoms with Crippen LogP contribution in [0.5, 0.6) is 0 Å². The molecule has 4 aromatic heterocycles. The summed E-state index contributed by atoms with van der Waals surface area (Å²) < 4.78 is 4.62. The van der Waals surface area contributed by atoms with E-state index in [0.717, 1.165) is 69.3 Å². The molecule has 0 aliphatic carbocycles. The molecule has 0 bridgehead atoms. The average Bonchev–Trinajstić information content (AvgIpc) is 3.92. The van der Waals surface area contributed by atoms with Gasteiger partial charge in [0.1, 0.15) is 0 Å².